The molecule has 1 aliphatic rings. The van der Waals surface area contributed by atoms with Crippen LogP contribution in [0.1, 0.15) is 51.0 Å². The van der Waals surface area contributed by atoms with E-state index in [1.165, 1.54) is 12.8 Å². The summed E-state index contributed by atoms with van der Waals surface area (Å²) in [4.78, 5) is 24.0. The lowest BCUT2D eigenvalue weighted by molar-refractivity contribution is -0.144. The van der Waals surface area contributed by atoms with Gasteiger partial charge in [-0.05, 0) is 30.7 Å². The average molecular weight is 303 g/mol. The van der Waals surface area contributed by atoms with Crippen molar-refractivity contribution in [1.29, 1.82) is 0 Å². The molecule has 1 fully saturated rings. The number of carboxylic acids is 1. The van der Waals surface area contributed by atoms with E-state index in [0.717, 1.165) is 18.4 Å². The number of carboxylic acid groups (broad SMARTS) is 1. The number of carbonyl (C=O) groups excluding carboxylic acids is 1. The number of benzene rings is 1. The number of amides is 1. The molecule has 0 heterocycles. The lowest BCUT2D eigenvalue weighted by Gasteiger charge is -2.29. The lowest BCUT2D eigenvalue weighted by Crippen LogP contribution is -2.46. The minimum atomic E-state index is -1.05. The zero-order valence-electron chi connectivity index (χ0n) is 13.2. The second kappa shape index (κ2) is 7.43. The first kappa shape index (κ1) is 16.5. The van der Waals surface area contributed by atoms with Crippen molar-refractivity contribution in [2.45, 2.75) is 50.9 Å². The topological polar surface area (TPSA) is 66.4 Å². The summed E-state index contributed by atoms with van der Waals surface area (Å²) < 4.78 is 0. The van der Waals surface area contributed by atoms with E-state index in [9.17, 15) is 14.7 Å². The fourth-order valence-corrected chi connectivity index (χ4v) is 3.34. The summed E-state index contributed by atoms with van der Waals surface area (Å²) in [5.41, 5.74) is -0.307. The van der Waals surface area contributed by atoms with Gasteiger partial charge in [-0.25, -0.2) is 0 Å². The Balaban J connectivity index is 2.04. The van der Waals surface area contributed by atoms with Crippen LogP contribution in [0.4, 0.5) is 0 Å². The maximum Gasteiger partial charge on any atom is 0.315 e. The third-order valence-corrected chi connectivity index (χ3v) is 4.88. The third kappa shape index (κ3) is 3.67. The van der Waals surface area contributed by atoms with Gasteiger partial charge in [0.15, 0.2) is 0 Å². The Morgan fingerprint density at radius 2 is 1.86 bits per heavy atom. The van der Waals surface area contributed by atoms with E-state index < -0.39 is 11.4 Å². The first-order valence-corrected chi connectivity index (χ1v) is 8.14. The summed E-state index contributed by atoms with van der Waals surface area (Å²) in [6, 6.07) is 9.18. The molecule has 4 heteroatoms. The van der Waals surface area contributed by atoms with Crippen LogP contribution in [0.15, 0.2) is 30.3 Å². The van der Waals surface area contributed by atoms with Crippen LogP contribution in [0.25, 0.3) is 0 Å². The van der Waals surface area contributed by atoms with Crippen LogP contribution in [0, 0.1) is 5.92 Å². The average Bonchev–Trinajstić information content (AvgIpc) is 3.02. The van der Waals surface area contributed by atoms with Gasteiger partial charge in [-0.2, -0.15) is 0 Å². The van der Waals surface area contributed by atoms with E-state index in [4.69, 9.17) is 0 Å². The minimum absolute atomic E-state index is 0.0260. The zero-order valence-corrected chi connectivity index (χ0v) is 13.2. The predicted octanol–water partition coefficient (Wildman–Crippen LogP) is 3.12. The molecule has 0 spiro atoms. The largest absolute Gasteiger partial charge is 0.481 e. The van der Waals surface area contributed by atoms with Gasteiger partial charge in [0.05, 0.1) is 0 Å². The van der Waals surface area contributed by atoms with Gasteiger partial charge in [-0.1, -0.05) is 50.1 Å². The van der Waals surface area contributed by atoms with Crippen molar-refractivity contribution in [3.8, 4) is 0 Å². The molecule has 2 rings (SSSR count). The highest BCUT2D eigenvalue weighted by molar-refractivity contribution is 5.83. The van der Waals surface area contributed by atoms with Crippen molar-refractivity contribution in [2.24, 2.45) is 5.92 Å². The molecule has 0 saturated heterocycles. The maximum absolute atomic E-state index is 12.1. The lowest BCUT2D eigenvalue weighted by atomic mass is 9.78. The van der Waals surface area contributed by atoms with E-state index in [-0.39, 0.29) is 12.5 Å². The summed E-state index contributed by atoms with van der Waals surface area (Å²) in [5.74, 6) is -0.443. The number of hydrogen-bond acceptors (Lipinski definition) is 2. The van der Waals surface area contributed by atoms with Gasteiger partial charge in [-0.15, -0.1) is 0 Å². The van der Waals surface area contributed by atoms with Gasteiger partial charge in [0.2, 0.25) is 5.91 Å². The highest BCUT2D eigenvalue weighted by atomic mass is 16.4. The van der Waals surface area contributed by atoms with E-state index in [1.807, 2.05) is 37.3 Å². The Bertz CT molecular complexity index is 508. The minimum Gasteiger partial charge on any atom is -0.481 e. The molecule has 0 bridgehead atoms. The zero-order chi connectivity index (χ0) is 16.0. The molecular formula is C18H25NO3. The SMILES string of the molecule is CCC(CNC(=O)CC1CCCC1)(C(=O)O)c1ccccc1. The Morgan fingerprint density at radius 3 is 2.41 bits per heavy atom. The summed E-state index contributed by atoms with van der Waals surface area (Å²) in [6.45, 7) is 2.00. The molecule has 0 radical (unpaired) electrons. The molecule has 1 atom stereocenters. The molecular weight excluding hydrogens is 278 g/mol. The smallest absolute Gasteiger partial charge is 0.315 e. The molecule has 1 saturated carbocycles. The number of aliphatic carboxylic acids is 1. The molecule has 120 valence electrons. The molecule has 1 amide bonds. The van der Waals surface area contributed by atoms with Crippen molar-refractivity contribution < 1.29 is 14.7 Å². The fraction of sp³-hybridized carbons (Fsp3) is 0.556. The maximum atomic E-state index is 12.1. The van der Waals surface area contributed by atoms with E-state index in [2.05, 4.69) is 5.32 Å². The molecule has 0 aromatic heterocycles. The third-order valence-electron chi connectivity index (χ3n) is 4.88. The Morgan fingerprint density at radius 1 is 1.23 bits per heavy atom. The highest BCUT2D eigenvalue weighted by Gasteiger charge is 2.39. The van der Waals surface area contributed by atoms with Crippen LogP contribution in [-0.2, 0) is 15.0 Å². The van der Waals surface area contributed by atoms with Gasteiger partial charge in [0.25, 0.3) is 0 Å². The van der Waals surface area contributed by atoms with Crippen LogP contribution in [0.2, 0.25) is 0 Å². The molecule has 1 aromatic rings. The predicted molar refractivity (Wildman–Crippen MR) is 85.6 cm³/mol. The number of carbonyl (C=O) groups is 2. The number of nitrogens with one attached hydrogen (secondary N) is 1. The van der Waals surface area contributed by atoms with Crippen LogP contribution in [0.3, 0.4) is 0 Å². The fourth-order valence-electron chi connectivity index (χ4n) is 3.34. The molecule has 22 heavy (non-hydrogen) atoms. The first-order valence-electron chi connectivity index (χ1n) is 8.14. The van der Waals surface area contributed by atoms with Crippen molar-refractivity contribution in [1.82, 2.24) is 5.32 Å². The summed E-state index contributed by atoms with van der Waals surface area (Å²) in [5, 5.41) is 12.6. The second-order valence-corrected chi connectivity index (χ2v) is 6.24. The standard InChI is InChI=1S/C18H25NO3/c1-2-18(17(21)22,15-10-4-3-5-11-15)13-19-16(20)12-14-8-6-7-9-14/h3-5,10-11,14H,2,6-9,12-13H2,1H3,(H,19,20)(H,21,22). The molecule has 4 nitrogen and oxygen atoms in total. The number of rotatable bonds is 7. The van der Waals surface area contributed by atoms with Gasteiger partial charge in [-0.3, -0.25) is 9.59 Å². The normalized spacial score (nSPS) is 17.9. The Kier molecular flexibility index (Phi) is 5.58. The molecule has 0 aliphatic heterocycles. The molecule has 1 aliphatic carbocycles. The summed E-state index contributed by atoms with van der Waals surface area (Å²) >= 11 is 0. The number of hydrogen-bond donors (Lipinski definition) is 2. The highest BCUT2D eigenvalue weighted by Crippen LogP contribution is 2.29. The van der Waals surface area contributed by atoms with Crippen LogP contribution >= 0.6 is 0 Å². The Labute approximate surface area is 131 Å². The van der Waals surface area contributed by atoms with Crippen LogP contribution < -0.4 is 5.32 Å². The van der Waals surface area contributed by atoms with Crippen molar-refractivity contribution >= 4 is 11.9 Å². The van der Waals surface area contributed by atoms with Crippen molar-refractivity contribution in [3.63, 3.8) is 0 Å². The van der Waals surface area contributed by atoms with Crippen LogP contribution in [0.5, 0.6) is 0 Å². The van der Waals surface area contributed by atoms with Gasteiger partial charge >= 0.3 is 5.97 Å². The first-order chi connectivity index (χ1) is 10.6. The molecule has 1 unspecified atom stereocenters. The Hall–Kier alpha value is -1.84. The van der Waals surface area contributed by atoms with E-state index >= 15 is 0 Å². The van der Waals surface area contributed by atoms with E-state index in [0.29, 0.717) is 18.8 Å². The van der Waals surface area contributed by atoms with E-state index in [1.54, 1.807) is 0 Å². The summed E-state index contributed by atoms with van der Waals surface area (Å²) in [7, 11) is 0. The van der Waals surface area contributed by atoms with Crippen molar-refractivity contribution in [3.05, 3.63) is 35.9 Å². The van der Waals surface area contributed by atoms with Gasteiger partial charge in [0.1, 0.15) is 5.41 Å². The van der Waals surface area contributed by atoms with Crippen molar-refractivity contribution in [2.75, 3.05) is 6.54 Å². The van der Waals surface area contributed by atoms with Gasteiger partial charge in [0, 0.05) is 13.0 Å². The quantitative estimate of drug-likeness (QED) is 0.813. The monoisotopic (exact) mass is 303 g/mol. The summed E-state index contributed by atoms with van der Waals surface area (Å²) in [6.07, 6.45) is 5.60. The second-order valence-electron chi connectivity index (χ2n) is 6.24. The van der Waals surface area contributed by atoms with Crippen LogP contribution in [-0.4, -0.2) is 23.5 Å². The molecule has 2 N–H and O–H groups in total. The molecule has 1 aromatic carbocycles. The van der Waals surface area contributed by atoms with Gasteiger partial charge < -0.3 is 10.4 Å².